The first-order valence-corrected chi connectivity index (χ1v) is 5.94. The van der Waals surface area contributed by atoms with Crippen LogP contribution in [0.3, 0.4) is 0 Å². The fourth-order valence-electron chi connectivity index (χ4n) is 2.66. The van der Waals surface area contributed by atoms with Crippen molar-refractivity contribution in [3.05, 3.63) is 0 Å². The molecule has 0 saturated heterocycles. The molecule has 0 aliphatic heterocycles. The number of carboxylic acids is 1. The summed E-state index contributed by atoms with van der Waals surface area (Å²) in [5, 5.41) is 19.4. The third kappa shape index (κ3) is 2.94. The highest BCUT2D eigenvalue weighted by Gasteiger charge is 2.41. The molecule has 88 valence electrons. The third-order valence-corrected chi connectivity index (χ3v) is 3.77. The second kappa shape index (κ2) is 4.97. The van der Waals surface area contributed by atoms with Crippen molar-refractivity contribution in [2.75, 3.05) is 0 Å². The topological polar surface area (TPSA) is 57.5 Å². The van der Waals surface area contributed by atoms with E-state index in [0.717, 1.165) is 25.7 Å². The molecule has 0 radical (unpaired) electrons. The summed E-state index contributed by atoms with van der Waals surface area (Å²) in [5.74, 6) is -1.28. The summed E-state index contributed by atoms with van der Waals surface area (Å²) in [7, 11) is 0. The van der Waals surface area contributed by atoms with Gasteiger partial charge in [-0.1, -0.05) is 26.2 Å². The molecular formula is C12H22O3. The van der Waals surface area contributed by atoms with E-state index in [1.807, 2.05) is 6.92 Å². The van der Waals surface area contributed by atoms with Gasteiger partial charge in [-0.2, -0.15) is 0 Å². The predicted molar refractivity (Wildman–Crippen MR) is 58.6 cm³/mol. The molecule has 2 N–H and O–H groups in total. The summed E-state index contributed by atoms with van der Waals surface area (Å²) >= 11 is 0. The van der Waals surface area contributed by atoms with Gasteiger partial charge in [-0.05, 0) is 32.1 Å². The van der Waals surface area contributed by atoms with E-state index in [0.29, 0.717) is 6.42 Å². The molecule has 0 bridgehead atoms. The van der Waals surface area contributed by atoms with E-state index < -0.39 is 17.5 Å². The van der Waals surface area contributed by atoms with E-state index in [1.54, 1.807) is 6.92 Å². The highest BCUT2D eigenvalue weighted by atomic mass is 16.4. The first-order valence-electron chi connectivity index (χ1n) is 5.94. The van der Waals surface area contributed by atoms with Crippen molar-refractivity contribution in [3.63, 3.8) is 0 Å². The van der Waals surface area contributed by atoms with Crippen molar-refractivity contribution < 1.29 is 15.0 Å². The fraction of sp³-hybridized carbons (Fsp3) is 0.917. The Labute approximate surface area is 91.5 Å². The lowest BCUT2D eigenvalue weighted by atomic mass is 9.71. The largest absolute Gasteiger partial charge is 0.481 e. The van der Waals surface area contributed by atoms with Crippen LogP contribution in [0.4, 0.5) is 0 Å². The summed E-state index contributed by atoms with van der Waals surface area (Å²) in [6, 6.07) is 0. The average Bonchev–Trinajstić information content (AvgIpc) is 2.18. The van der Waals surface area contributed by atoms with Gasteiger partial charge in [0.2, 0.25) is 0 Å². The van der Waals surface area contributed by atoms with Crippen LogP contribution in [-0.4, -0.2) is 21.8 Å². The molecule has 0 amide bonds. The molecule has 15 heavy (non-hydrogen) atoms. The van der Waals surface area contributed by atoms with E-state index in [1.165, 1.54) is 6.42 Å². The molecule has 0 aromatic rings. The van der Waals surface area contributed by atoms with Crippen LogP contribution >= 0.6 is 0 Å². The van der Waals surface area contributed by atoms with Gasteiger partial charge < -0.3 is 10.2 Å². The van der Waals surface area contributed by atoms with Gasteiger partial charge in [-0.25, -0.2) is 0 Å². The van der Waals surface area contributed by atoms with E-state index in [4.69, 9.17) is 0 Å². The molecule has 1 saturated carbocycles. The Morgan fingerprint density at radius 1 is 1.40 bits per heavy atom. The van der Waals surface area contributed by atoms with Crippen molar-refractivity contribution >= 4 is 5.97 Å². The van der Waals surface area contributed by atoms with Gasteiger partial charge in [0.25, 0.3) is 0 Å². The Hall–Kier alpha value is -0.570. The Bertz CT molecular complexity index is 217. The van der Waals surface area contributed by atoms with Crippen LogP contribution in [0.1, 0.15) is 52.4 Å². The van der Waals surface area contributed by atoms with E-state index in [9.17, 15) is 15.0 Å². The number of rotatable bonds is 4. The molecule has 3 heteroatoms. The van der Waals surface area contributed by atoms with Crippen LogP contribution in [-0.2, 0) is 4.79 Å². The number of carboxylic acid groups (broad SMARTS) is 1. The van der Waals surface area contributed by atoms with Gasteiger partial charge in [0.1, 0.15) is 0 Å². The average molecular weight is 214 g/mol. The van der Waals surface area contributed by atoms with Crippen molar-refractivity contribution in [2.45, 2.75) is 58.0 Å². The van der Waals surface area contributed by atoms with Crippen LogP contribution in [0.15, 0.2) is 0 Å². The summed E-state index contributed by atoms with van der Waals surface area (Å²) < 4.78 is 0. The Morgan fingerprint density at radius 3 is 2.33 bits per heavy atom. The maximum atomic E-state index is 11.2. The fourth-order valence-corrected chi connectivity index (χ4v) is 2.66. The number of carbonyl (C=O) groups is 1. The molecular weight excluding hydrogens is 192 g/mol. The SMILES string of the molecule is CC[C@](C)(O)[C@@H](C(=O)O)C1CCCCC1. The number of hydrogen-bond donors (Lipinski definition) is 2. The van der Waals surface area contributed by atoms with E-state index >= 15 is 0 Å². The second-order valence-corrected chi connectivity index (χ2v) is 4.92. The van der Waals surface area contributed by atoms with E-state index in [-0.39, 0.29) is 5.92 Å². The third-order valence-electron chi connectivity index (χ3n) is 3.77. The smallest absolute Gasteiger partial charge is 0.309 e. The quantitative estimate of drug-likeness (QED) is 0.755. The molecule has 0 unspecified atom stereocenters. The molecule has 2 atom stereocenters. The van der Waals surface area contributed by atoms with Gasteiger partial charge in [-0.15, -0.1) is 0 Å². The Kier molecular flexibility index (Phi) is 4.14. The monoisotopic (exact) mass is 214 g/mol. The minimum absolute atomic E-state index is 0.159. The standard InChI is InChI=1S/C12H22O3/c1-3-12(2,15)10(11(13)14)9-7-5-4-6-8-9/h9-10,15H,3-8H2,1-2H3,(H,13,14)/t10-,12+/m1/s1. The molecule has 1 fully saturated rings. The van der Waals surface area contributed by atoms with Gasteiger partial charge in [-0.3, -0.25) is 4.79 Å². The molecule has 0 heterocycles. The first kappa shape index (κ1) is 12.5. The Morgan fingerprint density at radius 2 is 1.93 bits per heavy atom. The summed E-state index contributed by atoms with van der Waals surface area (Å²) in [6.07, 6.45) is 5.82. The maximum absolute atomic E-state index is 11.2. The lowest BCUT2D eigenvalue weighted by Gasteiger charge is -2.36. The summed E-state index contributed by atoms with van der Waals surface area (Å²) in [6.45, 7) is 3.50. The van der Waals surface area contributed by atoms with Crippen molar-refractivity contribution in [1.29, 1.82) is 0 Å². The highest BCUT2D eigenvalue weighted by Crippen LogP contribution is 2.37. The van der Waals surface area contributed by atoms with Crippen molar-refractivity contribution in [3.8, 4) is 0 Å². The van der Waals surface area contributed by atoms with Crippen LogP contribution in [0.25, 0.3) is 0 Å². The minimum atomic E-state index is -1.06. The summed E-state index contributed by atoms with van der Waals surface area (Å²) in [4.78, 5) is 11.2. The zero-order chi connectivity index (χ0) is 11.5. The summed E-state index contributed by atoms with van der Waals surface area (Å²) in [5.41, 5.74) is -1.06. The lowest BCUT2D eigenvalue weighted by molar-refractivity contribution is -0.156. The first-order chi connectivity index (χ1) is 6.99. The molecule has 3 nitrogen and oxygen atoms in total. The lowest BCUT2D eigenvalue weighted by Crippen LogP contribution is -2.44. The zero-order valence-electron chi connectivity index (χ0n) is 9.70. The molecule has 1 aliphatic carbocycles. The van der Waals surface area contributed by atoms with Gasteiger partial charge in [0.15, 0.2) is 0 Å². The second-order valence-electron chi connectivity index (χ2n) is 4.92. The minimum Gasteiger partial charge on any atom is -0.481 e. The van der Waals surface area contributed by atoms with Crippen LogP contribution in [0.2, 0.25) is 0 Å². The van der Waals surface area contributed by atoms with Crippen molar-refractivity contribution in [1.82, 2.24) is 0 Å². The molecule has 1 aliphatic rings. The van der Waals surface area contributed by atoms with Crippen molar-refractivity contribution in [2.24, 2.45) is 11.8 Å². The van der Waals surface area contributed by atoms with Gasteiger partial charge in [0.05, 0.1) is 11.5 Å². The van der Waals surface area contributed by atoms with Gasteiger partial charge in [0, 0.05) is 0 Å². The highest BCUT2D eigenvalue weighted by molar-refractivity contribution is 5.71. The zero-order valence-corrected chi connectivity index (χ0v) is 9.70. The number of aliphatic carboxylic acids is 1. The maximum Gasteiger partial charge on any atom is 0.309 e. The normalized spacial score (nSPS) is 24.5. The number of hydrogen-bond acceptors (Lipinski definition) is 2. The van der Waals surface area contributed by atoms with Crippen LogP contribution < -0.4 is 0 Å². The molecule has 0 aromatic heterocycles. The molecule has 0 aromatic carbocycles. The predicted octanol–water partition coefficient (Wildman–Crippen LogP) is 2.43. The van der Waals surface area contributed by atoms with Crippen LogP contribution in [0.5, 0.6) is 0 Å². The molecule has 1 rings (SSSR count). The number of aliphatic hydroxyl groups is 1. The Balaban J connectivity index is 2.76. The van der Waals surface area contributed by atoms with Crippen LogP contribution in [0, 0.1) is 11.8 Å². The van der Waals surface area contributed by atoms with E-state index in [2.05, 4.69) is 0 Å². The van der Waals surface area contributed by atoms with Gasteiger partial charge >= 0.3 is 5.97 Å². The molecule has 0 spiro atoms.